The first kappa shape index (κ1) is 26.0. The number of nitrogens with zero attached hydrogens (tertiary/aromatic N) is 2. The van der Waals surface area contributed by atoms with E-state index < -0.39 is 21.7 Å². The molecule has 1 amide bonds. The topological polar surface area (TPSA) is 109 Å². The van der Waals surface area contributed by atoms with Gasteiger partial charge < -0.3 is 4.40 Å². The first-order valence-corrected chi connectivity index (χ1v) is 14.0. The van der Waals surface area contributed by atoms with Crippen LogP contribution in [-0.4, -0.2) is 30.7 Å². The molecule has 39 heavy (non-hydrogen) atoms. The lowest BCUT2D eigenvalue weighted by Crippen LogP contribution is -2.18. The van der Waals surface area contributed by atoms with Crippen molar-refractivity contribution in [2.75, 3.05) is 4.72 Å². The molecule has 0 aliphatic heterocycles. The van der Waals surface area contributed by atoms with Crippen LogP contribution in [0.2, 0.25) is 0 Å². The molecule has 0 radical (unpaired) electrons. The fraction of sp³-hybridized carbons (Fsp3) is 0.0357. The Labute approximate surface area is 227 Å². The van der Waals surface area contributed by atoms with Crippen molar-refractivity contribution >= 4 is 50.5 Å². The molecule has 0 unspecified atom stereocenters. The molecule has 3 heterocycles. The summed E-state index contributed by atoms with van der Waals surface area (Å²) in [5, 5.41) is 5.76. The van der Waals surface area contributed by atoms with E-state index in [2.05, 4.69) is 15.2 Å². The molecule has 0 bridgehead atoms. The molecule has 2 N–H and O–H groups in total. The molecule has 11 heteroatoms. The summed E-state index contributed by atoms with van der Waals surface area (Å²) in [6, 6.07) is 19.9. The highest BCUT2D eigenvalue weighted by molar-refractivity contribution is 7.94. The quantitative estimate of drug-likeness (QED) is 0.154. The van der Waals surface area contributed by atoms with Gasteiger partial charge in [0.2, 0.25) is 5.78 Å². The number of hydrazone groups is 1. The Morgan fingerprint density at radius 3 is 2.36 bits per heavy atom. The number of nitrogens with one attached hydrogen (secondary N) is 2. The van der Waals surface area contributed by atoms with Crippen LogP contribution in [0.25, 0.3) is 5.52 Å². The number of hydrogen-bond donors (Lipinski definition) is 2. The Kier molecular flexibility index (Phi) is 7.09. The number of sulfonamides is 1. The molecule has 0 fully saturated rings. The average Bonchev–Trinajstić information content (AvgIpc) is 3.57. The van der Waals surface area contributed by atoms with Crippen LogP contribution in [0, 0.1) is 12.7 Å². The minimum atomic E-state index is -3.69. The summed E-state index contributed by atoms with van der Waals surface area (Å²) in [5.74, 6) is -1.20. The minimum absolute atomic E-state index is 0.190. The predicted octanol–water partition coefficient (Wildman–Crippen LogP) is 5.24. The van der Waals surface area contributed by atoms with E-state index in [-0.39, 0.29) is 15.6 Å². The third-order valence-corrected chi connectivity index (χ3v) is 8.76. The summed E-state index contributed by atoms with van der Waals surface area (Å²) >= 11 is 1.10. The highest BCUT2D eigenvalue weighted by atomic mass is 32.2. The number of hydrogen-bond acceptors (Lipinski definition) is 6. The maximum atomic E-state index is 13.4. The summed E-state index contributed by atoms with van der Waals surface area (Å²) in [6.07, 6.45) is 3.22. The van der Waals surface area contributed by atoms with E-state index in [1.807, 2.05) is 12.1 Å². The lowest BCUT2D eigenvalue weighted by atomic mass is 10.0. The Bertz CT molecular complexity index is 1810. The second kappa shape index (κ2) is 10.6. The van der Waals surface area contributed by atoms with Gasteiger partial charge >= 0.3 is 0 Å². The van der Waals surface area contributed by atoms with Gasteiger partial charge in [-0.1, -0.05) is 12.1 Å². The zero-order valence-corrected chi connectivity index (χ0v) is 22.1. The number of amides is 1. The molecule has 8 nitrogen and oxygen atoms in total. The van der Waals surface area contributed by atoms with Gasteiger partial charge in [-0.05, 0) is 84.6 Å². The van der Waals surface area contributed by atoms with Crippen molar-refractivity contribution in [1.29, 1.82) is 0 Å². The van der Waals surface area contributed by atoms with Crippen molar-refractivity contribution in [3.05, 3.63) is 124 Å². The van der Waals surface area contributed by atoms with Gasteiger partial charge in [0.1, 0.15) is 10.0 Å². The predicted molar refractivity (Wildman–Crippen MR) is 149 cm³/mol. The van der Waals surface area contributed by atoms with Crippen LogP contribution < -0.4 is 10.1 Å². The first-order chi connectivity index (χ1) is 18.7. The van der Waals surface area contributed by atoms with Crippen molar-refractivity contribution in [1.82, 2.24) is 9.83 Å². The van der Waals surface area contributed by atoms with E-state index >= 15 is 0 Å². The van der Waals surface area contributed by atoms with Gasteiger partial charge in [0.25, 0.3) is 15.9 Å². The van der Waals surface area contributed by atoms with Crippen LogP contribution >= 0.6 is 11.3 Å². The van der Waals surface area contributed by atoms with Crippen molar-refractivity contribution in [2.45, 2.75) is 11.1 Å². The molecular formula is C28H21FN4O4S2. The maximum absolute atomic E-state index is 13.4. The third kappa shape index (κ3) is 5.35. The van der Waals surface area contributed by atoms with E-state index in [1.54, 1.807) is 35.0 Å². The Hall–Kier alpha value is -4.61. The van der Waals surface area contributed by atoms with E-state index in [4.69, 9.17) is 0 Å². The first-order valence-electron chi connectivity index (χ1n) is 11.6. The maximum Gasteiger partial charge on any atom is 0.271 e. The van der Waals surface area contributed by atoms with Gasteiger partial charge in [-0.25, -0.2) is 18.2 Å². The summed E-state index contributed by atoms with van der Waals surface area (Å²) < 4.78 is 42.5. The van der Waals surface area contributed by atoms with Crippen molar-refractivity contribution in [3.8, 4) is 0 Å². The molecule has 0 aliphatic carbocycles. The summed E-state index contributed by atoms with van der Waals surface area (Å²) in [6.45, 7) is 1.78. The largest absolute Gasteiger partial charge is 0.313 e. The number of benzene rings is 2. The number of rotatable bonds is 8. The lowest BCUT2D eigenvalue weighted by molar-refractivity contribution is 0.0954. The zero-order valence-electron chi connectivity index (χ0n) is 20.5. The molecule has 0 atom stereocenters. The highest BCUT2D eigenvalue weighted by Crippen LogP contribution is 2.25. The monoisotopic (exact) mass is 560 g/mol. The van der Waals surface area contributed by atoms with Gasteiger partial charge in [-0.2, -0.15) is 5.10 Å². The van der Waals surface area contributed by atoms with Crippen molar-refractivity contribution < 1.29 is 22.4 Å². The van der Waals surface area contributed by atoms with Crippen LogP contribution in [0.3, 0.4) is 0 Å². The average molecular weight is 561 g/mol. The van der Waals surface area contributed by atoms with Gasteiger partial charge in [-0.3, -0.25) is 14.3 Å². The van der Waals surface area contributed by atoms with Gasteiger partial charge in [-0.15, -0.1) is 11.3 Å². The Balaban J connectivity index is 1.33. The summed E-state index contributed by atoms with van der Waals surface area (Å²) in [5.41, 5.74) is 5.81. The number of carbonyl (C=O) groups excluding carboxylic acids is 2. The molecular weight excluding hydrogens is 539 g/mol. The number of halogens is 1. The second-order valence-corrected chi connectivity index (χ2v) is 11.4. The number of aromatic nitrogens is 1. The van der Waals surface area contributed by atoms with Gasteiger partial charge in [0.15, 0.2) is 0 Å². The second-order valence-electron chi connectivity index (χ2n) is 8.49. The Morgan fingerprint density at radius 1 is 0.949 bits per heavy atom. The normalized spacial score (nSPS) is 11.6. The van der Waals surface area contributed by atoms with Crippen LogP contribution in [0.5, 0.6) is 0 Å². The summed E-state index contributed by atoms with van der Waals surface area (Å²) in [7, 11) is -3.69. The molecule has 0 spiro atoms. The van der Waals surface area contributed by atoms with Gasteiger partial charge in [0.05, 0.1) is 17.4 Å². The zero-order chi connectivity index (χ0) is 27.6. The SMILES string of the molecule is Cc1c(/C=N\NC(=O)c2ccc(NS(=O)(=O)c3cccs3)cc2)c2ccccn2c1C(=O)c1ccc(F)cc1. The van der Waals surface area contributed by atoms with Crippen LogP contribution in [0.15, 0.2) is 99.8 Å². The summed E-state index contributed by atoms with van der Waals surface area (Å²) in [4.78, 5) is 25.9. The molecule has 5 aromatic rings. The molecule has 3 aromatic heterocycles. The molecule has 2 aromatic carbocycles. The van der Waals surface area contributed by atoms with E-state index in [9.17, 15) is 22.4 Å². The minimum Gasteiger partial charge on any atom is -0.313 e. The molecule has 0 saturated carbocycles. The molecule has 0 aliphatic rings. The number of anilines is 1. The number of carbonyl (C=O) groups is 2. The number of thiophene rings is 1. The van der Waals surface area contributed by atoms with Crippen molar-refractivity contribution in [3.63, 3.8) is 0 Å². The van der Waals surface area contributed by atoms with E-state index in [1.165, 1.54) is 60.8 Å². The third-order valence-electron chi connectivity index (χ3n) is 5.98. The fourth-order valence-electron chi connectivity index (χ4n) is 4.07. The molecule has 196 valence electrons. The number of ketones is 1. The number of fused-ring (bicyclic) bond motifs is 1. The lowest BCUT2D eigenvalue weighted by Gasteiger charge is -2.07. The van der Waals surface area contributed by atoms with Crippen LogP contribution in [-0.2, 0) is 10.0 Å². The molecule has 5 rings (SSSR count). The standard InChI is InChI=1S/C28H21FN4O4S2/c1-18-23(24-5-2-3-15-33(24)26(18)27(34)19-7-11-21(29)12-8-19)17-30-31-28(35)20-9-13-22(14-10-20)32-39(36,37)25-6-4-16-38-25/h2-17,32H,1H3,(H,31,35)/b30-17-. The smallest absolute Gasteiger partial charge is 0.271 e. The number of pyridine rings is 1. The van der Waals surface area contributed by atoms with E-state index in [0.29, 0.717) is 33.6 Å². The van der Waals surface area contributed by atoms with Gasteiger partial charge in [0, 0.05) is 28.6 Å². The van der Waals surface area contributed by atoms with E-state index in [0.717, 1.165) is 11.3 Å². The highest BCUT2D eigenvalue weighted by Gasteiger charge is 2.21. The van der Waals surface area contributed by atoms with Crippen LogP contribution in [0.1, 0.15) is 37.5 Å². The molecule has 0 saturated heterocycles. The fourth-order valence-corrected chi connectivity index (χ4v) is 6.12. The Morgan fingerprint density at radius 2 is 1.67 bits per heavy atom. The van der Waals surface area contributed by atoms with Crippen LogP contribution in [0.4, 0.5) is 10.1 Å². The van der Waals surface area contributed by atoms with Crippen molar-refractivity contribution in [2.24, 2.45) is 5.10 Å².